The fourth-order valence-electron chi connectivity index (χ4n) is 0.754. The molecule has 1 atom stereocenters. The second-order valence-electron chi connectivity index (χ2n) is 3.19. The molecule has 0 aromatic rings. The Morgan fingerprint density at radius 1 is 1.42 bits per heavy atom. The molecule has 0 aliphatic rings. The van der Waals surface area contributed by atoms with Crippen molar-refractivity contribution in [3.8, 4) is 0 Å². The number of rotatable bonds is 5. The number of amidine groups is 1. The summed E-state index contributed by atoms with van der Waals surface area (Å²) in [7, 11) is 0. The summed E-state index contributed by atoms with van der Waals surface area (Å²) in [5.74, 6) is 1.04. The van der Waals surface area contributed by atoms with Gasteiger partial charge in [-0.15, -0.1) is 0 Å². The molecule has 0 saturated carbocycles. The molecule has 0 aromatic carbocycles. The van der Waals surface area contributed by atoms with Gasteiger partial charge in [0.1, 0.15) is 0 Å². The molecule has 0 spiro atoms. The maximum Gasteiger partial charge on any atom is 0.0963 e. The summed E-state index contributed by atoms with van der Waals surface area (Å²) in [5, 5.41) is 0. The lowest BCUT2D eigenvalue weighted by Gasteiger charge is -2.09. The van der Waals surface area contributed by atoms with Crippen LogP contribution in [0.15, 0.2) is 4.99 Å². The number of hydrogen-bond donors (Lipinski definition) is 1. The van der Waals surface area contributed by atoms with Crippen LogP contribution in [0.2, 0.25) is 0 Å². The van der Waals surface area contributed by atoms with Crippen molar-refractivity contribution < 1.29 is 4.74 Å². The van der Waals surface area contributed by atoms with Crippen molar-refractivity contribution in [1.29, 1.82) is 0 Å². The first-order valence-corrected chi connectivity index (χ1v) is 4.49. The number of nitrogens with zero attached hydrogens (tertiary/aromatic N) is 1. The zero-order valence-electron chi connectivity index (χ0n) is 8.50. The smallest absolute Gasteiger partial charge is 0.0963 e. The quantitative estimate of drug-likeness (QED) is 0.503. The van der Waals surface area contributed by atoms with Crippen LogP contribution in [0.4, 0.5) is 0 Å². The van der Waals surface area contributed by atoms with Gasteiger partial charge in [-0.2, -0.15) is 0 Å². The van der Waals surface area contributed by atoms with Crippen molar-refractivity contribution in [1.82, 2.24) is 0 Å². The van der Waals surface area contributed by atoms with Gasteiger partial charge >= 0.3 is 0 Å². The number of aliphatic imine (C=N–C) groups is 1. The van der Waals surface area contributed by atoms with Crippen molar-refractivity contribution in [2.24, 2.45) is 16.6 Å². The van der Waals surface area contributed by atoms with Gasteiger partial charge in [0.05, 0.1) is 18.5 Å². The lowest BCUT2D eigenvalue weighted by atomic mass is 10.2. The molecular formula is C9H20N2O. The van der Waals surface area contributed by atoms with Crippen LogP contribution in [-0.2, 0) is 4.74 Å². The van der Waals surface area contributed by atoms with Crippen LogP contribution in [0.25, 0.3) is 0 Å². The van der Waals surface area contributed by atoms with Gasteiger partial charge in [-0.3, -0.25) is 4.99 Å². The molecule has 0 aromatic heterocycles. The Morgan fingerprint density at radius 2 is 2.00 bits per heavy atom. The van der Waals surface area contributed by atoms with Crippen molar-refractivity contribution in [2.75, 3.05) is 13.2 Å². The summed E-state index contributed by atoms with van der Waals surface area (Å²) in [6.07, 6.45) is 0.173. The fraction of sp³-hybridized carbons (Fsp3) is 0.889. The molecule has 0 radical (unpaired) electrons. The highest BCUT2D eigenvalue weighted by Crippen LogP contribution is 1.95. The Balaban J connectivity index is 3.71. The summed E-state index contributed by atoms with van der Waals surface area (Å²) >= 11 is 0. The van der Waals surface area contributed by atoms with Crippen molar-refractivity contribution in [3.05, 3.63) is 0 Å². The zero-order valence-corrected chi connectivity index (χ0v) is 8.50. The van der Waals surface area contributed by atoms with E-state index in [2.05, 4.69) is 4.99 Å². The monoisotopic (exact) mass is 172 g/mol. The van der Waals surface area contributed by atoms with Gasteiger partial charge < -0.3 is 10.5 Å². The third-order valence-electron chi connectivity index (χ3n) is 1.57. The first-order chi connectivity index (χ1) is 5.57. The molecule has 0 aliphatic heterocycles. The average molecular weight is 172 g/mol. The molecule has 0 heterocycles. The molecular weight excluding hydrogens is 152 g/mol. The van der Waals surface area contributed by atoms with E-state index in [1.165, 1.54) is 0 Å². The van der Waals surface area contributed by atoms with Gasteiger partial charge in [0, 0.05) is 12.5 Å². The normalized spacial score (nSPS) is 15.2. The lowest BCUT2D eigenvalue weighted by molar-refractivity contribution is 0.0829. The second kappa shape index (κ2) is 6.00. The summed E-state index contributed by atoms with van der Waals surface area (Å²) in [5.41, 5.74) is 5.66. The van der Waals surface area contributed by atoms with Crippen LogP contribution in [0, 0.1) is 5.92 Å². The van der Waals surface area contributed by atoms with Crippen LogP contribution < -0.4 is 5.73 Å². The molecule has 12 heavy (non-hydrogen) atoms. The first kappa shape index (κ1) is 11.4. The van der Waals surface area contributed by atoms with E-state index in [-0.39, 0.29) is 6.10 Å². The maximum atomic E-state index is 5.66. The minimum atomic E-state index is 0.173. The van der Waals surface area contributed by atoms with Crippen molar-refractivity contribution in [3.63, 3.8) is 0 Å². The highest BCUT2D eigenvalue weighted by atomic mass is 16.5. The maximum absolute atomic E-state index is 5.66. The van der Waals surface area contributed by atoms with Crippen LogP contribution in [0.1, 0.15) is 27.7 Å². The predicted molar refractivity (Wildman–Crippen MR) is 52.4 cm³/mol. The number of ether oxygens (including phenoxy) is 1. The van der Waals surface area contributed by atoms with Gasteiger partial charge in [0.2, 0.25) is 0 Å². The molecule has 1 unspecified atom stereocenters. The topological polar surface area (TPSA) is 47.6 Å². The van der Waals surface area contributed by atoms with E-state index < -0.39 is 0 Å². The molecule has 0 amide bonds. The van der Waals surface area contributed by atoms with Crippen molar-refractivity contribution in [2.45, 2.75) is 33.8 Å². The summed E-state index contributed by atoms with van der Waals surface area (Å²) in [6.45, 7) is 9.44. The Kier molecular flexibility index (Phi) is 5.72. The molecule has 0 fully saturated rings. The van der Waals surface area contributed by atoms with Gasteiger partial charge in [0.25, 0.3) is 0 Å². The van der Waals surface area contributed by atoms with E-state index in [0.717, 1.165) is 6.61 Å². The summed E-state index contributed by atoms with van der Waals surface area (Å²) < 4.78 is 5.31. The van der Waals surface area contributed by atoms with Gasteiger partial charge in [0.15, 0.2) is 0 Å². The van der Waals surface area contributed by atoms with E-state index in [1.54, 1.807) is 0 Å². The standard InChI is InChI=1S/C9H20N2O/c1-5-12-8(4)6-11-9(10)7(2)3/h7-8H,5-6H2,1-4H3,(H2,10,11). The van der Waals surface area contributed by atoms with E-state index in [4.69, 9.17) is 10.5 Å². The summed E-state index contributed by atoms with van der Waals surface area (Å²) in [4.78, 5) is 4.21. The van der Waals surface area contributed by atoms with E-state index in [0.29, 0.717) is 18.3 Å². The Labute approximate surface area is 75.0 Å². The van der Waals surface area contributed by atoms with E-state index >= 15 is 0 Å². The molecule has 0 saturated heterocycles. The van der Waals surface area contributed by atoms with E-state index in [1.807, 2.05) is 27.7 Å². The third-order valence-corrected chi connectivity index (χ3v) is 1.57. The van der Waals surface area contributed by atoms with Crippen LogP contribution in [0.5, 0.6) is 0 Å². The highest BCUT2D eigenvalue weighted by Gasteiger charge is 2.01. The van der Waals surface area contributed by atoms with Crippen LogP contribution in [0.3, 0.4) is 0 Å². The molecule has 0 rings (SSSR count). The SMILES string of the molecule is CCOC(C)CN=C(N)C(C)C. The van der Waals surface area contributed by atoms with Gasteiger partial charge in [-0.05, 0) is 13.8 Å². The highest BCUT2D eigenvalue weighted by molar-refractivity contribution is 5.82. The molecule has 0 aliphatic carbocycles. The van der Waals surface area contributed by atoms with Crippen LogP contribution >= 0.6 is 0 Å². The molecule has 3 nitrogen and oxygen atoms in total. The fourth-order valence-corrected chi connectivity index (χ4v) is 0.754. The first-order valence-electron chi connectivity index (χ1n) is 4.49. The Hall–Kier alpha value is -0.570. The second-order valence-corrected chi connectivity index (χ2v) is 3.19. The third kappa shape index (κ3) is 5.13. The van der Waals surface area contributed by atoms with Gasteiger partial charge in [-0.25, -0.2) is 0 Å². The Bertz CT molecular complexity index is 143. The lowest BCUT2D eigenvalue weighted by Crippen LogP contribution is -2.22. The van der Waals surface area contributed by atoms with Crippen molar-refractivity contribution >= 4 is 5.84 Å². The number of nitrogens with two attached hydrogens (primary N) is 1. The number of hydrogen-bond acceptors (Lipinski definition) is 2. The molecule has 2 N–H and O–H groups in total. The average Bonchev–Trinajstić information content (AvgIpc) is 2.00. The van der Waals surface area contributed by atoms with E-state index in [9.17, 15) is 0 Å². The molecule has 3 heteroatoms. The largest absolute Gasteiger partial charge is 0.387 e. The molecule has 72 valence electrons. The minimum Gasteiger partial charge on any atom is -0.387 e. The Morgan fingerprint density at radius 3 is 2.42 bits per heavy atom. The minimum absolute atomic E-state index is 0.173. The summed E-state index contributed by atoms with van der Waals surface area (Å²) in [6, 6.07) is 0. The molecule has 0 bridgehead atoms. The van der Waals surface area contributed by atoms with Gasteiger partial charge in [-0.1, -0.05) is 13.8 Å². The zero-order chi connectivity index (χ0) is 9.56. The van der Waals surface area contributed by atoms with Crippen LogP contribution in [-0.4, -0.2) is 25.1 Å². The predicted octanol–water partition coefficient (Wildman–Crippen LogP) is 1.42.